The van der Waals surface area contributed by atoms with Gasteiger partial charge in [0.15, 0.2) is 0 Å². The Morgan fingerprint density at radius 2 is 1.68 bits per heavy atom. The van der Waals surface area contributed by atoms with Gasteiger partial charge in [0.25, 0.3) is 0 Å². The third-order valence-corrected chi connectivity index (χ3v) is 4.40. The Morgan fingerprint density at radius 3 is 2.23 bits per heavy atom. The molecule has 0 bridgehead atoms. The van der Waals surface area contributed by atoms with Gasteiger partial charge in [0.05, 0.1) is 12.8 Å². The summed E-state index contributed by atoms with van der Waals surface area (Å²) in [6.45, 7) is 6.81. The molecule has 0 saturated carbocycles. The van der Waals surface area contributed by atoms with Crippen molar-refractivity contribution in [2.75, 3.05) is 19.5 Å². The lowest BCUT2D eigenvalue weighted by molar-refractivity contribution is 0.414. The van der Waals surface area contributed by atoms with Gasteiger partial charge in [0.1, 0.15) is 5.75 Å². The van der Waals surface area contributed by atoms with Crippen molar-refractivity contribution in [2.24, 2.45) is 5.92 Å². The van der Waals surface area contributed by atoms with Crippen LogP contribution in [0.1, 0.15) is 43.4 Å². The second-order valence-electron chi connectivity index (χ2n) is 6.21. The Morgan fingerprint density at radius 1 is 1.00 bits per heavy atom. The van der Waals surface area contributed by atoms with Crippen LogP contribution < -0.4 is 10.1 Å². The third-order valence-electron chi connectivity index (χ3n) is 4.40. The lowest BCUT2D eigenvalue weighted by atomic mass is 9.87. The maximum Gasteiger partial charge on any atom is 0.142 e. The highest BCUT2D eigenvalue weighted by atomic mass is 16.5. The van der Waals surface area contributed by atoms with Gasteiger partial charge in [-0.2, -0.15) is 0 Å². The van der Waals surface area contributed by atoms with Gasteiger partial charge in [-0.15, -0.1) is 0 Å². The molecule has 22 heavy (non-hydrogen) atoms. The van der Waals surface area contributed by atoms with Crippen molar-refractivity contribution < 1.29 is 4.74 Å². The van der Waals surface area contributed by atoms with Gasteiger partial charge in [0.2, 0.25) is 0 Å². The fourth-order valence-electron chi connectivity index (χ4n) is 2.78. The normalized spacial score (nSPS) is 12.3. The number of methoxy groups -OCH3 is 1. The molecule has 118 valence electrons. The molecular formula is C20H27NO. The summed E-state index contributed by atoms with van der Waals surface area (Å²) in [4.78, 5) is 0. The minimum Gasteiger partial charge on any atom is -0.495 e. The molecule has 1 unspecified atom stereocenters. The van der Waals surface area contributed by atoms with Crippen LogP contribution >= 0.6 is 0 Å². The van der Waals surface area contributed by atoms with Gasteiger partial charge in [-0.3, -0.25) is 0 Å². The molecule has 0 aliphatic rings. The molecule has 0 aromatic heterocycles. The standard InChI is InChI=1S/C20H27NO/c1-14(2)15(3)18-12-17(11-16-9-7-6-8-10-16)13-19(22-5)20(18)21-4/h6-10,12-15,21H,11H2,1-5H3. The molecule has 0 radical (unpaired) electrons. The minimum atomic E-state index is 0.479. The predicted octanol–water partition coefficient (Wildman–Crippen LogP) is 5.09. The highest BCUT2D eigenvalue weighted by Gasteiger charge is 2.18. The molecule has 0 spiro atoms. The number of anilines is 1. The summed E-state index contributed by atoms with van der Waals surface area (Å²) in [6, 6.07) is 15.0. The monoisotopic (exact) mass is 297 g/mol. The summed E-state index contributed by atoms with van der Waals surface area (Å²) in [5.74, 6) is 1.99. The minimum absolute atomic E-state index is 0.479. The second-order valence-corrected chi connectivity index (χ2v) is 6.21. The van der Waals surface area contributed by atoms with Gasteiger partial charge < -0.3 is 10.1 Å². The first-order chi connectivity index (χ1) is 10.6. The Bertz CT molecular complexity index is 605. The second kappa shape index (κ2) is 7.35. The average molecular weight is 297 g/mol. The van der Waals surface area contributed by atoms with E-state index in [4.69, 9.17) is 4.74 Å². The van der Waals surface area contributed by atoms with Crippen molar-refractivity contribution in [3.05, 3.63) is 59.2 Å². The Balaban J connectivity index is 2.45. The molecule has 0 aliphatic heterocycles. The zero-order valence-corrected chi connectivity index (χ0v) is 14.3. The molecule has 2 heteroatoms. The molecule has 2 nitrogen and oxygen atoms in total. The summed E-state index contributed by atoms with van der Waals surface area (Å²) >= 11 is 0. The van der Waals surface area contributed by atoms with Crippen LogP contribution in [0.25, 0.3) is 0 Å². The number of hydrogen-bond acceptors (Lipinski definition) is 2. The molecule has 0 amide bonds. The molecule has 1 atom stereocenters. The molecule has 0 saturated heterocycles. The largest absolute Gasteiger partial charge is 0.495 e. The first-order valence-electron chi connectivity index (χ1n) is 7.99. The number of nitrogens with one attached hydrogen (secondary N) is 1. The first-order valence-corrected chi connectivity index (χ1v) is 7.99. The van der Waals surface area contributed by atoms with Crippen LogP contribution in [0, 0.1) is 5.92 Å². The van der Waals surface area contributed by atoms with Crippen molar-refractivity contribution in [3.63, 3.8) is 0 Å². The summed E-state index contributed by atoms with van der Waals surface area (Å²) in [5, 5.41) is 3.32. The molecule has 2 aromatic rings. The summed E-state index contributed by atoms with van der Waals surface area (Å²) in [6.07, 6.45) is 0.930. The van der Waals surface area contributed by atoms with Crippen molar-refractivity contribution in [1.82, 2.24) is 0 Å². The molecule has 0 heterocycles. The smallest absolute Gasteiger partial charge is 0.142 e. The highest BCUT2D eigenvalue weighted by molar-refractivity contribution is 5.64. The van der Waals surface area contributed by atoms with E-state index in [2.05, 4.69) is 68.6 Å². The topological polar surface area (TPSA) is 21.3 Å². The van der Waals surface area contributed by atoms with Crippen LogP contribution in [-0.2, 0) is 6.42 Å². The van der Waals surface area contributed by atoms with E-state index in [-0.39, 0.29) is 0 Å². The third kappa shape index (κ3) is 3.62. The van der Waals surface area contributed by atoms with Crippen LogP contribution in [0.5, 0.6) is 5.75 Å². The number of rotatable bonds is 6. The molecule has 0 fully saturated rings. The summed E-state index contributed by atoms with van der Waals surface area (Å²) < 4.78 is 5.62. The van der Waals surface area contributed by atoms with Crippen LogP contribution in [0.15, 0.2) is 42.5 Å². The zero-order chi connectivity index (χ0) is 16.1. The van der Waals surface area contributed by atoms with Gasteiger partial charge in [0, 0.05) is 7.05 Å². The zero-order valence-electron chi connectivity index (χ0n) is 14.3. The fraction of sp³-hybridized carbons (Fsp3) is 0.400. The molecule has 2 aromatic carbocycles. The van der Waals surface area contributed by atoms with Crippen LogP contribution in [0.4, 0.5) is 5.69 Å². The first kappa shape index (κ1) is 16.4. The SMILES string of the molecule is CNc1c(OC)cc(Cc2ccccc2)cc1C(C)C(C)C. The number of hydrogen-bond donors (Lipinski definition) is 1. The van der Waals surface area contributed by atoms with E-state index in [0.717, 1.165) is 17.9 Å². The van der Waals surface area contributed by atoms with Crippen molar-refractivity contribution in [3.8, 4) is 5.75 Å². The maximum atomic E-state index is 5.62. The van der Waals surface area contributed by atoms with Gasteiger partial charge in [-0.05, 0) is 41.0 Å². The van der Waals surface area contributed by atoms with E-state index in [9.17, 15) is 0 Å². The van der Waals surface area contributed by atoms with E-state index in [1.807, 2.05) is 7.05 Å². The van der Waals surface area contributed by atoms with E-state index >= 15 is 0 Å². The van der Waals surface area contributed by atoms with Crippen LogP contribution in [-0.4, -0.2) is 14.2 Å². The highest BCUT2D eigenvalue weighted by Crippen LogP contribution is 2.37. The Kier molecular flexibility index (Phi) is 5.48. The van der Waals surface area contributed by atoms with E-state index < -0.39 is 0 Å². The summed E-state index contributed by atoms with van der Waals surface area (Å²) in [5.41, 5.74) is 5.07. The lowest BCUT2D eigenvalue weighted by Gasteiger charge is -2.23. The Labute approximate surface area is 134 Å². The van der Waals surface area contributed by atoms with Crippen molar-refractivity contribution >= 4 is 5.69 Å². The molecule has 0 aliphatic carbocycles. The Hall–Kier alpha value is -1.96. The molecular weight excluding hydrogens is 270 g/mol. The average Bonchev–Trinajstić information content (AvgIpc) is 2.54. The van der Waals surface area contributed by atoms with Crippen LogP contribution in [0.2, 0.25) is 0 Å². The fourth-order valence-corrected chi connectivity index (χ4v) is 2.78. The molecule has 2 rings (SSSR count). The summed E-state index contributed by atoms with van der Waals surface area (Å²) in [7, 11) is 3.71. The maximum absolute atomic E-state index is 5.62. The number of ether oxygens (including phenoxy) is 1. The van der Waals surface area contributed by atoms with E-state index in [1.54, 1.807) is 7.11 Å². The lowest BCUT2D eigenvalue weighted by Crippen LogP contribution is -2.08. The molecule has 1 N–H and O–H groups in total. The van der Waals surface area contributed by atoms with Gasteiger partial charge in [-0.1, -0.05) is 57.2 Å². The van der Waals surface area contributed by atoms with Crippen molar-refractivity contribution in [2.45, 2.75) is 33.1 Å². The number of benzene rings is 2. The van der Waals surface area contributed by atoms with Crippen LogP contribution in [0.3, 0.4) is 0 Å². The quantitative estimate of drug-likeness (QED) is 0.802. The van der Waals surface area contributed by atoms with E-state index in [1.165, 1.54) is 16.7 Å². The van der Waals surface area contributed by atoms with Crippen molar-refractivity contribution in [1.29, 1.82) is 0 Å². The van der Waals surface area contributed by atoms with Gasteiger partial charge >= 0.3 is 0 Å². The van der Waals surface area contributed by atoms with E-state index in [0.29, 0.717) is 11.8 Å². The van der Waals surface area contributed by atoms with Gasteiger partial charge in [-0.25, -0.2) is 0 Å². The predicted molar refractivity (Wildman–Crippen MR) is 95.0 cm³/mol.